The van der Waals surface area contributed by atoms with Gasteiger partial charge in [-0.3, -0.25) is 9.97 Å². The SMILES string of the molecule is CCOC(=O)c1cnc(-c2cccc3cccc(C)c23)c(C#N)c1N.Cc1cccc2cccc(-c3ncc4c(Cl)nc(Cl)nc4c3F)c12.Cc1cccc2cccc(C)c12.Nc1ccnc(Cl)c1Br.[Pd].c1ccc(P(c2ccccc2)c2ccccc2)cc1.c1ccc(P(c2ccccc2)c2ccccc2)cc1.c1ccc(P(c2ccccc2)c2ccccc2)cc1.c1ccc(P(c2ccccc2)c2ccccc2)cc1. The van der Waals surface area contributed by atoms with Gasteiger partial charge in [-0.2, -0.15) is 5.26 Å². The molecule has 18 aromatic carbocycles. The van der Waals surface area contributed by atoms with Gasteiger partial charge in [0.25, 0.3) is 0 Å². The summed E-state index contributed by atoms with van der Waals surface area (Å²) in [5.41, 5.74) is 19.6. The Hall–Kier alpha value is -14.2. The topological polar surface area (TPSA) is 167 Å². The third kappa shape index (κ3) is 28.5. The van der Waals surface area contributed by atoms with Crippen LogP contribution in [0.2, 0.25) is 15.6 Å². The molecule has 4 N–H and O–H groups in total. The molecule has 0 saturated carbocycles. The number of hydrogen-bond acceptors (Lipinski definition) is 10. The summed E-state index contributed by atoms with van der Waals surface area (Å²) in [6, 6.07) is 169. The van der Waals surface area contributed by atoms with Gasteiger partial charge in [0.15, 0.2) is 5.82 Å². The number of carbonyl (C=O) groups is 1. The van der Waals surface area contributed by atoms with Crippen LogP contribution in [0.15, 0.2) is 502 Å². The molecule has 0 radical (unpaired) electrons. The largest absolute Gasteiger partial charge is 0.462 e. The number of aromatic nitrogens is 5. The maximum absolute atomic E-state index is 15.1. The Morgan fingerprint density at radius 1 is 0.347 bits per heavy atom. The van der Waals surface area contributed by atoms with E-state index in [4.69, 9.17) is 51.0 Å². The van der Waals surface area contributed by atoms with Crippen molar-refractivity contribution in [1.29, 1.82) is 5.26 Å². The Kier molecular flexibility index (Phi) is 40.8. The molecule has 0 amide bonds. The standard InChI is InChI=1S/C20H17N3O2.C18H10Cl2FN3.4C18H15P.C12H12.C5H4BrClN2.Pd/c1-3-25-20(24)16-11-23-19(15(10-21)18(16)22)14-9-5-8-13-7-4-6-12(2)17(13)14;1-9-4-2-5-10-6-3-7-11(13(9)10)15-14(21)16-12(8-22-15)17(19)24-18(20)23-16;4*1-4-10-16(11-5-1)19(17-12-6-2-7-13-17)18-14-8-3-9-15-18;1-9-5-3-7-11-8-4-6-10(2)12(9)11;6-4-3(8)1-2-9-5(4)7;/h4-9,11H,3H2,1-2H3,(H2,22,23);2-8H,1H3;4*1-15H;3-8H,1-2H3;1-2H,(H2,8,9);. The maximum Gasteiger partial charge on any atom is 0.341 e. The zero-order valence-electron chi connectivity index (χ0n) is 81.2. The van der Waals surface area contributed by atoms with Crippen molar-refractivity contribution in [2.45, 2.75) is 34.6 Å². The van der Waals surface area contributed by atoms with Gasteiger partial charge in [-0.15, -0.1) is 0 Å². The smallest absolute Gasteiger partial charge is 0.341 e. The van der Waals surface area contributed by atoms with Crippen LogP contribution >= 0.6 is 82.4 Å². The van der Waals surface area contributed by atoms with Crippen LogP contribution < -0.4 is 75.1 Å². The fraction of sp³-hybridized carbons (Fsp3) is 0.0472. The van der Waals surface area contributed by atoms with Crippen molar-refractivity contribution in [3.8, 4) is 28.6 Å². The molecule has 0 aliphatic carbocycles. The number of anilines is 2. The fourth-order valence-electron chi connectivity index (χ4n) is 16.7. The number of nitrogen functional groups attached to an aromatic ring is 2. The molecule has 22 rings (SSSR count). The first-order valence-electron chi connectivity index (χ1n) is 47.3. The number of carbonyl (C=O) groups excluding carboxylic acids is 1. The molecule has 0 aliphatic rings. The van der Waals surface area contributed by atoms with Gasteiger partial charge in [-0.05, 0) is 218 Å². The number of nitriles is 1. The van der Waals surface area contributed by atoms with E-state index in [9.17, 15) is 10.1 Å². The van der Waals surface area contributed by atoms with Crippen LogP contribution in [0.5, 0.6) is 0 Å². The number of rotatable bonds is 16. The number of nitrogens with zero attached hydrogens (tertiary/aromatic N) is 6. The molecule has 0 atom stereocenters. The van der Waals surface area contributed by atoms with Crippen molar-refractivity contribution >= 4 is 207 Å². The van der Waals surface area contributed by atoms with Gasteiger partial charge in [0.05, 0.1) is 33.5 Å². The molecule has 0 aliphatic heterocycles. The van der Waals surface area contributed by atoms with E-state index in [1.807, 2.05) is 86.6 Å². The van der Waals surface area contributed by atoms with Gasteiger partial charge in [0, 0.05) is 50.1 Å². The van der Waals surface area contributed by atoms with E-state index in [0.29, 0.717) is 32.0 Å². The van der Waals surface area contributed by atoms with Crippen molar-refractivity contribution in [1.82, 2.24) is 24.9 Å². The number of halogens is 5. The predicted octanol–water partition coefficient (Wildman–Crippen LogP) is 28.8. The zero-order valence-corrected chi connectivity index (χ0v) is 90.2. The number of nitrogens with two attached hydrogens (primary N) is 2. The van der Waals surface area contributed by atoms with E-state index >= 15 is 4.39 Å². The molecule has 4 aromatic heterocycles. The van der Waals surface area contributed by atoms with Crippen LogP contribution in [-0.2, 0) is 25.2 Å². The molecule has 10 nitrogen and oxygen atoms in total. The monoisotopic (exact) mass is 2200 g/mol. The molecule has 4 heterocycles. The Bertz CT molecular complexity index is 7150. The molecule has 0 saturated heterocycles. The number of pyridine rings is 3. The van der Waals surface area contributed by atoms with Gasteiger partial charge in [-0.1, -0.05) is 496 Å². The summed E-state index contributed by atoms with van der Waals surface area (Å²) in [5, 5.41) is 33.9. The van der Waals surface area contributed by atoms with Crippen molar-refractivity contribution < 1.29 is 34.3 Å². The number of benzene rings is 18. The number of esters is 1. The summed E-state index contributed by atoms with van der Waals surface area (Å²) in [5.74, 6) is -1.14. The molecule has 22 aromatic rings. The minimum Gasteiger partial charge on any atom is -0.462 e. The van der Waals surface area contributed by atoms with Crippen LogP contribution in [0.1, 0.15) is 45.1 Å². The van der Waals surface area contributed by atoms with Crippen molar-refractivity contribution in [3.63, 3.8) is 0 Å². The van der Waals surface area contributed by atoms with Crippen LogP contribution in [-0.4, -0.2) is 37.5 Å². The van der Waals surface area contributed by atoms with Gasteiger partial charge in [-0.25, -0.2) is 24.1 Å². The number of fused-ring (bicyclic) bond motifs is 4. The summed E-state index contributed by atoms with van der Waals surface area (Å²) in [4.78, 5) is 32.2. The molecular formula is C127H103BrCl3FN8O2P4Pd. The number of aryl methyl sites for hydroxylation is 4. The van der Waals surface area contributed by atoms with Crippen LogP contribution in [0.25, 0.3) is 65.7 Å². The van der Waals surface area contributed by atoms with E-state index in [1.165, 1.54) is 97.9 Å². The molecule has 0 spiro atoms. The quantitative estimate of drug-likeness (QED) is 0.0237. The molecule has 147 heavy (non-hydrogen) atoms. The van der Waals surface area contributed by atoms with E-state index in [-0.39, 0.29) is 65.5 Å². The Balaban J connectivity index is 0.000000134. The van der Waals surface area contributed by atoms with Crippen molar-refractivity contribution in [2.75, 3.05) is 18.1 Å². The minimum atomic E-state index is -0.579. The van der Waals surface area contributed by atoms with Crippen LogP contribution in [0, 0.1) is 44.8 Å². The number of hydrogen-bond donors (Lipinski definition) is 2. The second kappa shape index (κ2) is 55.3. The van der Waals surface area contributed by atoms with Gasteiger partial charge < -0.3 is 16.2 Å². The Morgan fingerprint density at radius 2 is 0.612 bits per heavy atom. The van der Waals surface area contributed by atoms with Crippen LogP contribution in [0.4, 0.5) is 15.8 Å². The van der Waals surface area contributed by atoms with Gasteiger partial charge >= 0.3 is 5.97 Å². The van der Waals surface area contributed by atoms with E-state index in [1.54, 1.807) is 19.2 Å². The predicted molar refractivity (Wildman–Crippen MR) is 627 cm³/mol. The average molecular weight is 2210 g/mol. The molecule has 0 bridgehead atoms. The van der Waals surface area contributed by atoms with E-state index < -0.39 is 43.5 Å². The van der Waals surface area contributed by atoms with E-state index in [2.05, 4.69) is 461 Å². The van der Waals surface area contributed by atoms with E-state index in [0.717, 1.165) is 38.2 Å². The Morgan fingerprint density at radius 3 is 0.878 bits per heavy atom. The molecular weight excluding hydrogens is 2110 g/mol. The molecule has 0 unspecified atom stereocenters. The van der Waals surface area contributed by atoms with Gasteiger partial charge in [0.2, 0.25) is 5.28 Å². The third-order valence-corrected chi connectivity index (χ3v) is 35.0. The average Bonchev–Trinajstić information content (AvgIpc) is 0.759. The van der Waals surface area contributed by atoms with Gasteiger partial charge in [0.1, 0.15) is 38.7 Å². The third-order valence-electron chi connectivity index (χ3n) is 23.4. The maximum atomic E-state index is 15.1. The summed E-state index contributed by atoms with van der Waals surface area (Å²) in [6.07, 6.45) is 4.41. The summed E-state index contributed by atoms with van der Waals surface area (Å²) in [6.45, 7) is 10.3. The fourth-order valence-corrected chi connectivity index (χ4v) is 26.8. The molecule has 0 fully saturated rings. The first-order valence-corrected chi connectivity index (χ1v) is 54.6. The minimum absolute atomic E-state index is 0. The number of ether oxygens (including phenoxy) is 1. The summed E-state index contributed by atoms with van der Waals surface area (Å²) >= 11 is 20.6. The summed E-state index contributed by atoms with van der Waals surface area (Å²) < 4.78 is 20.7. The Labute approximate surface area is 901 Å². The van der Waals surface area contributed by atoms with Crippen molar-refractivity contribution in [2.24, 2.45) is 0 Å². The summed E-state index contributed by atoms with van der Waals surface area (Å²) in [7, 11) is -1.78. The van der Waals surface area contributed by atoms with Crippen LogP contribution in [0.3, 0.4) is 0 Å². The molecule has 728 valence electrons. The zero-order chi connectivity index (χ0) is 102. The first kappa shape index (κ1) is 108. The normalized spacial score (nSPS) is 10.5. The van der Waals surface area contributed by atoms with Crippen molar-refractivity contribution in [3.05, 3.63) is 557 Å². The molecule has 20 heteroatoms. The second-order valence-electron chi connectivity index (χ2n) is 33.2. The first-order chi connectivity index (χ1) is 71.4. The second-order valence-corrected chi connectivity index (χ2v) is 43.9.